The summed E-state index contributed by atoms with van der Waals surface area (Å²) in [6.07, 6.45) is 1.91. The quantitative estimate of drug-likeness (QED) is 0.244. The monoisotopic (exact) mass is 536 g/mol. The molecule has 3 aromatic rings. The summed E-state index contributed by atoms with van der Waals surface area (Å²) in [4.78, 5) is 28.3. The lowest BCUT2D eigenvalue weighted by atomic mass is 10.2. The Labute approximate surface area is 189 Å². The number of halogens is 2. The van der Waals surface area contributed by atoms with Crippen LogP contribution >= 0.6 is 31.9 Å². The molecule has 0 aliphatic heterocycles. The molecule has 0 spiro atoms. The average molecular weight is 538 g/mol. The highest BCUT2D eigenvalue weighted by Crippen LogP contribution is 2.37. The molecule has 1 atom stereocenters. The van der Waals surface area contributed by atoms with E-state index in [0.29, 0.717) is 33.2 Å². The van der Waals surface area contributed by atoms with Crippen LogP contribution in [0.4, 0.5) is 5.69 Å². The van der Waals surface area contributed by atoms with E-state index in [1.54, 1.807) is 25.1 Å². The van der Waals surface area contributed by atoms with Crippen LogP contribution in [-0.4, -0.2) is 26.9 Å². The molecule has 0 aliphatic carbocycles. The van der Waals surface area contributed by atoms with Gasteiger partial charge in [-0.25, -0.2) is 4.98 Å². The molecule has 156 valence electrons. The fraction of sp³-hybridized carbons (Fsp3) is 0.250. The van der Waals surface area contributed by atoms with Crippen molar-refractivity contribution in [2.24, 2.45) is 5.10 Å². The van der Waals surface area contributed by atoms with E-state index in [1.165, 1.54) is 12.3 Å². The van der Waals surface area contributed by atoms with Crippen LogP contribution in [0.1, 0.15) is 31.7 Å². The molecule has 0 saturated carbocycles. The van der Waals surface area contributed by atoms with Gasteiger partial charge in [-0.05, 0) is 60.5 Å². The van der Waals surface area contributed by atoms with E-state index in [1.807, 2.05) is 19.9 Å². The maximum absolute atomic E-state index is 12.8. The number of fused-ring (bicyclic) bond motifs is 1. The lowest BCUT2D eigenvalue weighted by molar-refractivity contribution is -0.386. The molecule has 0 unspecified atom stereocenters. The first-order valence-corrected chi connectivity index (χ1v) is 10.7. The summed E-state index contributed by atoms with van der Waals surface area (Å²) in [6, 6.07) is 8.25. The topological polar surface area (TPSA) is 99.6 Å². The predicted octanol–water partition coefficient (Wildman–Crippen LogP) is 5.20. The van der Waals surface area contributed by atoms with Crippen molar-refractivity contribution >= 4 is 54.7 Å². The van der Waals surface area contributed by atoms with Gasteiger partial charge in [-0.3, -0.25) is 14.9 Å². The van der Waals surface area contributed by atoms with Crippen LogP contribution in [0.25, 0.3) is 10.9 Å². The smallest absolute Gasteiger partial charge is 0.312 e. The molecule has 1 aromatic heterocycles. The minimum atomic E-state index is -0.508. The third-order valence-electron chi connectivity index (χ3n) is 4.43. The van der Waals surface area contributed by atoms with Gasteiger partial charge >= 0.3 is 5.69 Å². The lowest BCUT2D eigenvalue weighted by Crippen LogP contribution is -2.20. The number of benzene rings is 2. The molecule has 0 radical (unpaired) electrons. The van der Waals surface area contributed by atoms with E-state index < -0.39 is 4.92 Å². The molecule has 0 N–H and O–H groups in total. The maximum Gasteiger partial charge on any atom is 0.312 e. The van der Waals surface area contributed by atoms with E-state index in [-0.39, 0.29) is 23.1 Å². The fourth-order valence-electron chi connectivity index (χ4n) is 2.73. The second kappa shape index (κ2) is 9.05. The molecule has 0 bridgehead atoms. The summed E-state index contributed by atoms with van der Waals surface area (Å²) < 4.78 is 8.05. The first kappa shape index (κ1) is 22.1. The molecule has 1 heterocycles. The number of aromatic nitrogens is 2. The SMILES string of the molecule is CC[C@@H](C)Oc1c(Br)cc(C=Nn2c(C)nc3ccc(Br)cc3c2=O)cc1[N+](=O)[O-]. The molecule has 3 rings (SSSR count). The Bertz CT molecular complexity index is 1220. The van der Waals surface area contributed by atoms with Crippen molar-refractivity contribution in [1.29, 1.82) is 0 Å². The van der Waals surface area contributed by atoms with Gasteiger partial charge in [0.25, 0.3) is 5.56 Å². The zero-order chi connectivity index (χ0) is 22.0. The first-order chi connectivity index (χ1) is 14.2. The number of hydrogen-bond donors (Lipinski definition) is 0. The number of nitro groups is 1. The second-order valence-electron chi connectivity index (χ2n) is 6.63. The van der Waals surface area contributed by atoms with Crippen LogP contribution in [0.5, 0.6) is 5.75 Å². The Kier molecular flexibility index (Phi) is 6.67. The third kappa shape index (κ3) is 4.59. The number of rotatable bonds is 6. The summed E-state index contributed by atoms with van der Waals surface area (Å²) in [5, 5.41) is 16.2. The van der Waals surface area contributed by atoms with Crippen LogP contribution in [0.15, 0.2) is 49.2 Å². The largest absolute Gasteiger partial charge is 0.483 e. The molecular formula is C20H18Br2N4O4. The number of hydrogen-bond acceptors (Lipinski definition) is 6. The average Bonchev–Trinajstić information content (AvgIpc) is 2.69. The van der Waals surface area contributed by atoms with Gasteiger partial charge in [0.15, 0.2) is 0 Å². The Morgan fingerprint density at radius 2 is 2.07 bits per heavy atom. The van der Waals surface area contributed by atoms with Crippen LogP contribution in [-0.2, 0) is 0 Å². The van der Waals surface area contributed by atoms with E-state index in [4.69, 9.17) is 4.74 Å². The lowest BCUT2D eigenvalue weighted by Gasteiger charge is -2.14. The second-order valence-corrected chi connectivity index (χ2v) is 8.40. The highest BCUT2D eigenvalue weighted by molar-refractivity contribution is 9.10. The molecule has 0 saturated heterocycles. The predicted molar refractivity (Wildman–Crippen MR) is 123 cm³/mol. The number of nitrogens with zero attached hydrogens (tertiary/aromatic N) is 4. The summed E-state index contributed by atoms with van der Waals surface area (Å²) >= 11 is 6.69. The van der Waals surface area contributed by atoms with Crippen molar-refractivity contribution < 1.29 is 9.66 Å². The molecule has 8 nitrogen and oxygen atoms in total. The standard InChI is InChI=1S/C20H18Br2N4O4/c1-4-11(2)30-19-16(22)7-13(8-18(19)26(28)29)10-23-25-12(3)24-17-6-5-14(21)9-15(17)20(25)27/h5-11H,4H2,1-3H3/t11-/m1/s1. The Morgan fingerprint density at radius 3 is 2.73 bits per heavy atom. The van der Waals surface area contributed by atoms with Gasteiger partial charge in [-0.15, -0.1) is 0 Å². The minimum Gasteiger partial charge on any atom is -0.483 e. The van der Waals surface area contributed by atoms with Gasteiger partial charge in [0.05, 0.1) is 32.6 Å². The van der Waals surface area contributed by atoms with Gasteiger partial charge in [0, 0.05) is 16.1 Å². The van der Waals surface area contributed by atoms with Gasteiger partial charge in [0.1, 0.15) is 5.82 Å². The van der Waals surface area contributed by atoms with Crippen molar-refractivity contribution in [2.45, 2.75) is 33.3 Å². The van der Waals surface area contributed by atoms with E-state index in [2.05, 4.69) is 41.9 Å². The molecular weight excluding hydrogens is 520 g/mol. The molecule has 2 aromatic carbocycles. The van der Waals surface area contributed by atoms with Crippen LogP contribution in [0.2, 0.25) is 0 Å². The van der Waals surface area contributed by atoms with Crippen molar-refractivity contribution in [3.63, 3.8) is 0 Å². The number of aryl methyl sites for hydroxylation is 1. The highest BCUT2D eigenvalue weighted by atomic mass is 79.9. The van der Waals surface area contributed by atoms with Crippen LogP contribution in [0, 0.1) is 17.0 Å². The first-order valence-electron chi connectivity index (χ1n) is 9.09. The van der Waals surface area contributed by atoms with Gasteiger partial charge in [0.2, 0.25) is 5.75 Å². The Balaban J connectivity index is 2.06. The van der Waals surface area contributed by atoms with Crippen molar-refractivity contribution in [1.82, 2.24) is 9.66 Å². The van der Waals surface area contributed by atoms with Crippen molar-refractivity contribution in [2.75, 3.05) is 0 Å². The fourth-order valence-corrected chi connectivity index (χ4v) is 3.65. The van der Waals surface area contributed by atoms with Gasteiger partial charge in [-0.1, -0.05) is 22.9 Å². The summed E-state index contributed by atoms with van der Waals surface area (Å²) in [5.41, 5.74) is 0.485. The maximum atomic E-state index is 12.8. The summed E-state index contributed by atoms with van der Waals surface area (Å²) in [5.74, 6) is 0.563. The van der Waals surface area contributed by atoms with E-state index in [0.717, 1.165) is 9.15 Å². The zero-order valence-corrected chi connectivity index (χ0v) is 19.6. The molecule has 10 heteroatoms. The van der Waals surface area contributed by atoms with E-state index in [9.17, 15) is 14.9 Å². The minimum absolute atomic E-state index is 0.164. The third-order valence-corrected chi connectivity index (χ3v) is 5.51. The van der Waals surface area contributed by atoms with Gasteiger partial charge < -0.3 is 4.74 Å². The van der Waals surface area contributed by atoms with E-state index >= 15 is 0 Å². The number of ether oxygens (including phenoxy) is 1. The number of nitro benzene ring substituents is 1. The molecule has 30 heavy (non-hydrogen) atoms. The molecule has 0 amide bonds. The van der Waals surface area contributed by atoms with Crippen molar-refractivity contribution in [3.05, 3.63) is 71.1 Å². The zero-order valence-electron chi connectivity index (χ0n) is 16.4. The Morgan fingerprint density at radius 1 is 1.33 bits per heavy atom. The van der Waals surface area contributed by atoms with Gasteiger partial charge in [-0.2, -0.15) is 9.78 Å². The normalized spacial score (nSPS) is 12.4. The van der Waals surface area contributed by atoms with Crippen molar-refractivity contribution in [3.8, 4) is 5.75 Å². The molecule has 0 fully saturated rings. The van der Waals surface area contributed by atoms with Crippen LogP contribution < -0.4 is 10.3 Å². The van der Waals surface area contributed by atoms with Crippen LogP contribution in [0.3, 0.4) is 0 Å². The Hall–Kier alpha value is -2.59. The summed E-state index contributed by atoms with van der Waals surface area (Å²) in [6.45, 7) is 5.44. The molecule has 0 aliphatic rings. The summed E-state index contributed by atoms with van der Waals surface area (Å²) in [7, 11) is 0. The highest BCUT2D eigenvalue weighted by Gasteiger charge is 2.21.